The van der Waals surface area contributed by atoms with E-state index in [0.717, 1.165) is 12.7 Å². The van der Waals surface area contributed by atoms with E-state index in [-0.39, 0.29) is 17.2 Å². The van der Waals surface area contributed by atoms with Crippen LogP contribution in [0.1, 0.15) is 33.1 Å². The van der Waals surface area contributed by atoms with Gasteiger partial charge in [0.05, 0.1) is 6.04 Å². The summed E-state index contributed by atoms with van der Waals surface area (Å²) in [5.41, 5.74) is -0.264. The van der Waals surface area contributed by atoms with Gasteiger partial charge < -0.3 is 10.1 Å². The Morgan fingerprint density at radius 2 is 2.31 bits per heavy atom. The molecule has 0 amide bonds. The van der Waals surface area contributed by atoms with E-state index in [1.54, 1.807) is 0 Å². The van der Waals surface area contributed by atoms with Crippen LogP contribution in [0, 0.1) is 5.41 Å². The molecule has 74 valence electrons. The van der Waals surface area contributed by atoms with Crippen LogP contribution in [0.4, 0.5) is 0 Å². The van der Waals surface area contributed by atoms with Gasteiger partial charge in [0.25, 0.3) is 0 Å². The molecule has 1 fully saturated rings. The van der Waals surface area contributed by atoms with Crippen molar-refractivity contribution >= 4 is 12.1 Å². The molecule has 0 aliphatic carbocycles. The molecule has 0 bridgehead atoms. The Morgan fingerprint density at radius 1 is 1.62 bits per heavy atom. The minimum atomic E-state index is -0.264. The summed E-state index contributed by atoms with van der Waals surface area (Å²) in [5.74, 6) is 0.284. The summed E-state index contributed by atoms with van der Waals surface area (Å²) in [4.78, 5) is 22.2. The average Bonchev–Trinajstić information content (AvgIpc) is 2.61. The second-order valence-electron chi connectivity index (χ2n) is 3.74. The Hall–Kier alpha value is -0.700. The molecule has 1 heterocycles. The number of rotatable bonds is 4. The van der Waals surface area contributed by atoms with Crippen molar-refractivity contribution < 1.29 is 9.59 Å². The standard InChI is InChI=1S/C10H17NO2/c1-3-9(13)10(4-2)5-8(6-12)11-7-10/h6,8,11H,3-5,7H2,1-2H3. The van der Waals surface area contributed by atoms with Crippen molar-refractivity contribution in [3.8, 4) is 0 Å². The molecule has 2 unspecified atom stereocenters. The van der Waals surface area contributed by atoms with Gasteiger partial charge in [0.2, 0.25) is 0 Å². The quantitative estimate of drug-likeness (QED) is 0.659. The van der Waals surface area contributed by atoms with E-state index in [0.29, 0.717) is 19.4 Å². The van der Waals surface area contributed by atoms with Crippen LogP contribution in [0.3, 0.4) is 0 Å². The molecule has 1 aliphatic rings. The van der Waals surface area contributed by atoms with E-state index in [4.69, 9.17) is 0 Å². The summed E-state index contributed by atoms with van der Waals surface area (Å²) in [7, 11) is 0. The predicted octanol–water partition coefficient (Wildman–Crippen LogP) is 0.923. The Kier molecular flexibility index (Phi) is 3.20. The molecule has 13 heavy (non-hydrogen) atoms. The van der Waals surface area contributed by atoms with Crippen molar-refractivity contribution in [1.82, 2.24) is 5.32 Å². The van der Waals surface area contributed by atoms with Gasteiger partial charge in [-0.3, -0.25) is 4.79 Å². The lowest BCUT2D eigenvalue weighted by molar-refractivity contribution is -0.127. The molecule has 1 aliphatic heterocycles. The number of carbonyl (C=O) groups excluding carboxylic acids is 2. The Morgan fingerprint density at radius 3 is 2.69 bits per heavy atom. The van der Waals surface area contributed by atoms with Crippen molar-refractivity contribution in [3.63, 3.8) is 0 Å². The summed E-state index contributed by atoms with van der Waals surface area (Å²) >= 11 is 0. The third kappa shape index (κ3) is 1.80. The SMILES string of the molecule is CCC(=O)C1(CC)CNC(C=O)C1. The highest BCUT2D eigenvalue weighted by Gasteiger charge is 2.42. The second kappa shape index (κ2) is 4.01. The fraction of sp³-hybridized carbons (Fsp3) is 0.800. The van der Waals surface area contributed by atoms with Gasteiger partial charge in [-0.1, -0.05) is 13.8 Å². The van der Waals surface area contributed by atoms with Gasteiger partial charge in [-0.2, -0.15) is 0 Å². The third-order valence-corrected chi connectivity index (χ3v) is 3.07. The van der Waals surface area contributed by atoms with Crippen LogP contribution < -0.4 is 5.32 Å². The van der Waals surface area contributed by atoms with Crippen LogP contribution >= 0.6 is 0 Å². The number of hydrogen-bond donors (Lipinski definition) is 1. The van der Waals surface area contributed by atoms with Crippen LogP contribution in [0.2, 0.25) is 0 Å². The van der Waals surface area contributed by atoms with Crippen molar-refractivity contribution in [1.29, 1.82) is 0 Å². The fourth-order valence-electron chi connectivity index (χ4n) is 2.04. The minimum Gasteiger partial charge on any atom is -0.307 e. The number of nitrogens with one attached hydrogen (secondary N) is 1. The molecule has 3 nitrogen and oxygen atoms in total. The van der Waals surface area contributed by atoms with Crippen LogP contribution in [-0.4, -0.2) is 24.7 Å². The average molecular weight is 183 g/mol. The number of aldehydes is 1. The van der Waals surface area contributed by atoms with Crippen LogP contribution in [0.5, 0.6) is 0 Å². The molecular weight excluding hydrogens is 166 g/mol. The number of ketones is 1. The van der Waals surface area contributed by atoms with Crippen LogP contribution in [0.15, 0.2) is 0 Å². The highest BCUT2D eigenvalue weighted by molar-refractivity contribution is 5.86. The summed E-state index contributed by atoms with van der Waals surface area (Å²) in [6.45, 7) is 4.57. The topological polar surface area (TPSA) is 46.2 Å². The number of Topliss-reactive ketones (excluding diaryl/α,β-unsaturated/α-hetero) is 1. The predicted molar refractivity (Wildman–Crippen MR) is 50.5 cm³/mol. The van der Waals surface area contributed by atoms with E-state index in [9.17, 15) is 9.59 Å². The van der Waals surface area contributed by atoms with Gasteiger partial charge in [-0.05, 0) is 12.8 Å². The summed E-state index contributed by atoms with van der Waals surface area (Å²) in [6.07, 6.45) is 2.98. The van der Waals surface area contributed by atoms with Crippen molar-refractivity contribution in [2.45, 2.75) is 39.2 Å². The second-order valence-corrected chi connectivity index (χ2v) is 3.74. The van der Waals surface area contributed by atoms with Gasteiger partial charge in [-0.25, -0.2) is 0 Å². The summed E-state index contributed by atoms with van der Waals surface area (Å²) in [5, 5.41) is 3.07. The first-order valence-electron chi connectivity index (χ1n) is 4.90. The monoisotopic (exact) mass is 183 g/mol. The lowest BCUT2D eigenvalue weighted by Gasteiger charge is -2.24. The molecule has 1 N–H and O–H groups in total. The van der Waals surface area contributed by atoms with Crippen LogP contribution in [-0.2, 0) is 9.59 Å². The zero-order valence-electron chi connectivity index (χ0n) is 8.30. The van der Waals surface area contributed by atoms with Gasteiger partial charge in [0.1, 0.15) is 12.1 Å². The molecule has 0 saturated carbocycles. The molecule has 0 spiro atoms. The highest BCUT2D eigenvalue weighted by Crippen LogP contribution is 2.33. The first kappa shape index (κ1) is 10.4. The first-order chi connectivity index (χ1) is 6.18. The maximum atomic E-state index is 11.7. The Balaban J connectivity index is 2.73. The normalized spacial score (nSPS) is 33.2. The summed E-state index contributed by atoms with van der Waals surface area (Å²) < 4.78 is 0. The minimum absolute atomic E-state index is 0.115. The van der Waals surface area contributed by atoms with Crippen molar-refractivity contribution in [2.75, 3.05) is 6.54 Å². The van der Waals surface area contributed by atoms with E-state index >= 15 is 0 Å². The molecule has 0 radical (unpaired) electrons. The lowest BCUT2D eigenvalue weighted by atomic mass is 9.78. The van der Waals surface area contributed by atoms with E-state index < -0.39 is 0 Å². The van der Waals surface area contributed by atoms with E-state index in [1.165, 1.54) is 0 Å². The molecule has 0 aromatic rings. The van der Waals surface area contributed by atoms with Crippen LogP contribution in [0.25, 0.3) is 0 Å². The molecule has 1 saturated heterocycles. The third-order valence-electron chi connectivity index (χ3n) is 3.07. The Labute approximate surface area is 78.9 Å². The van der Waals surface area contributed by atoms with Gasteiger partial charge in [-0.15, -0.1) is 0 Å². The van der Waals surface area contributed by atoms with Crippen molar-refractivity contribution in [3.05, 3.63) is 0 Å². The first-order valence-corrected chi connectivity index (χ1v) is 4.90. The van der Waals surface area contributed by atoms with Gasteiger partial charge >= 0.3 is 0 Å². The molecule has 0 aromatic carbocycles. The Bertz CT molecular complexity index is 215. The molecule has 3 heteroatoms. The van der Waals surface area contributed by atoms with Gasteiger partial charge in [0.15, 0.2) is 0 Å². The number of hydrogen-bond acceptors (Lipinski definition) is 3. The molecule has 0 aromatic heterocycles. The zero-order valence-corrected chi connectivity index (χ0v) is 8.30. The van der Waals surface area contributed by atoms with E-state index in [1.807, 2.05) is 13.8 Å². The largest absolute Gasteiger partial charge is 0.307 e. The molecule has 1 rings (SSSR count). The number of carbonyl (C=O) groups is 2. The lowest BCUT2D eigenvalue weighted by Crippen LogP contribution is -2.32. The summed E-state index contributed by atoms with van der Waals surface area (Å²) in [6, 6.07) is -0.115. The molecule has 2 atom stereocenters. The molecular formula is C10H17NO2. The maximum absolute atomic E-state index is 11.7. The maximum Gasteiger partial charge on any atom is 0.140 e. The van der Waals surface area contributed by atoms with E-state index in [2.05, 4.69) is 5.32 Å². The fourth-order valence-corrected chi connectivity index (χ4v) is 2.04. The van der Waals surface area contributed by atoms with Gasteiger partial charge in [0, 0.05) is 18.4 Å². The zero-order chi connectivity index (χ0) is 9.90. The smallest absolute Gasteiger partial charge is 0.140 e. The van der Waals surface area contributed by atoms with Crippen molar-refractivity contribution in [2.24, 2.45) is 5.41 Å². The highest BCUT2D eigenvalue weighted by atomic mass is 16.1.